The van der Waals surface area contributed by atoms with Crippen LogP contribution in [0.2, 0.25) is 0 Å². The van der Waals surface area contributed by atoms with Crippen LogP contribution >= 0.6 is 0 Å². The number of nitrogens with zero attached hydrogens (tertiary/aromatic N) is 5. The number of anilines is 2. The molecule has 1 amide bonds. The fourth-order valence-electron chi connectivity index (χ4n) is 4.92. The lowest BCUT2D eigenvalue weighted by Gasteiger charge is -2.40. The van der Waals surface area contributed by atoms with Crippen LogP contribution in [0.3, 0.4) is 0 Å². The molecule has 0 aliphatic carbocycles. The molecule has 8 heteroatoms. The smallest absolute Gasteiger partial charge is 0.332 e. The van der Waals surface area contributed by atoms with E-state index in [2.05, 4.69) is 36.9 Å². The van der Waals surface area contributed by atoms with Crippen LogP contribution in [0.1, 0.15) is 24.0 Å². The largest absolute Gasteiger partial charge is 0.368 e. The first kappa shape index (κ1) is 22.2. The third kappa shape index (κ3) is 4.06. The van der Waals surface area contributed by atoms with Crippen LogP contribution in [0.25, 0.3) is 0 Å². The summed E-state index contributed by atoms with van der Waals surface area (Å²) in [4.78, 5) is 44.2. The van der Waals surface area contributed by atoms with E-state index in [0.29, 0.717) is 25.5 Å². The van der Waals surface area contributed by atoms with Crippen molar-refractivity contribution >= 4 is 17.4 Å². The van der Waals surface area contributed by atoms with Gasteiger partial charge in [0, 0.05) is 65.1 Å². The summed E-state index contributed by atoms with van der Waals surface area (Å²) in [6.07, 6.45) is 1.70. The van der Waals surface area contributed by atoms with Gasteiger partial charge in [-0.05, 0) is 43.9 Å². The Labute approximate surface area is 188 Å². The Bertz CT molecular complexity index is 1130. The van der Waals surface area contributed by atoms with Crippen LogP contribution in [0, 0.1) is 19.8 Å². The second-order valence-electron chi connectivity index (χ2n) is 9.06. The number of aromatic nitrogens is 2. The number of benzene rings is 1. The number of carbonyl (C=O) groups excluding carboxylic acids is 1. The van der Waals surface area contributed by atoms with E-state index in [1.807, 2.05) is 9.80 Å². The normalized spacial score (nSPS) is 19.4. The van der Waals surface area contributed by atoms with Crippen LogP contribution in [0.15, 0.2) is 33.9 Å². The highest BCUT2D eigenvalue weighted by atomic mass is 16.2. The Morgan fingerprint density at radius 3 is 2.38 bits per heavy atom. The number of amides is 1. The van der Waals surface area contributed by atoms with Gasteiger partial charge >= 0.3 is 5.69 Å². The van der Waals surface area contributed by atoms with Gasteiger partial charge in [0.2, 0.25) is 5.91 Å². The quantitative estimate of drug-likeness (QED) is 0.720. The van der Waals surface area contributed by atoms with Crippen molar-refractivity contribution in [2.24, 2.45) is 20.0 Å². The molecule has 0 bridgehead atoms. The molecule has 1 aromatic heterocycles. The summed E-state index contributed by atoms with van der Waals surface area (Å²) in [6.45, 7) is 8.65. The second kappa shape index (κ2) is 8.84. The van der Waals surface area contributed by atoms with Crippen molar-refractivity contribution in [2.75, 3.05) is 49.1 Å². The maximum atomic E-state index is 13.3. The van der Waals surface area contributed by atoms with Gasteiger partial charge in [0.1, 0.15) is 5.82 Å². The maximum absolute atomic E-state index is 13.3. The van der Waals surface area contributed by atoms with Gasteiger partial charge in [-0.25, -0.2) is 4.79 Å². The standard InChI is InChI=1S/C24H33N5O3/c1-17-7-5-9-20(18(17)2)27-11-13-28(14-12-27)23(31)19-8-6-10-29(16-19)21-15-22(30)26(4)24(32)25(21)3/h5,7,9,15,19H,6,8,10-14,16H2,1-4H3/t19-/m0/s1. The number of rotatable bonds is 3. The van der Waals surface area contributed by atoms with Crippen LogP contribution in [0.5, 0.6) is 0 Å². The molecule has 2 aliphatic heterocycles. The van der Waals surface area contributed by atoms with E-state index >= 15 is 0 Å². The van der Waals surface area contributed by atoms with Crippen LogP contribution in [0.4, 0.5) is 11.5 Å². The van der Waals surface area contributed by atoms with Crippen LogP contribution in [-0.2, 0) is 18.9 Å². The van der Waals surface area contributed by atoms with Crippen LogP contribution < -0.4 is 21.0 Å². The van der Waals surface area contributed by atoms with Crippen molar-refractivity contribution in [3.63, 3.8) is 0 Å². The minimum absolute atomic E-state index is 0.116. The predicted octanol–water partition coefficient (Wildman–Crippen LogP) is 1.27. The summed E-state index contributed by atoms with van der Waals surface area (Å²) in [6, 6.07) is 7.88. The molecule has 0 radical (unpaired) electrons. The highest BCUT2D eigenvalue weighted by Crippen LogP contribution is 2.26. The molecule has 2 fully saturated rings. The first-order valence-corrected chi connectivity index (χ1v) is 11.4. The van der Waals surface area contributed by atoms with Crippen molar-refractivity contribution in [2.45, 2.75) is 26.7 Å². The Morgan fingerprint density at radius 2 is 1.66 bits per heavy atom. The van der Waals surface area contributed by atoms with Crippen molar-refractivity contribution < 1.29 is 4.79 Å². The van der Waals surface area contributed by atoms with E-state index in [1.165, 1.54) is 34.5 Å². The molecule has 0 N–H and O–H groups in total. The molecule has 32 heavy (non-hydrogen) atoms. The van der Waals surface area contributed by atoms with Crippen molar-refractivity contribution in [1.82, 2.24) is 14.0 Å². The highest BCUT2D eigenvalue weighted by Gasteiger charge is 2.32. The minimum atomic E-state index is -0.344. The van der Waals surface area contributed by atoms with Gasteiger partial charge in [0.15, 0.2) is 0 Å². The predicted molar refractivity (Wildman–Crippen MR) is 127 cm³/mol. The molecule has 4 rings (SSSR count). The molecule has 1 atom stereocenters. The summed E-state index contributed by atoms with van der Waals surface area (Å²) in [5.41, 5.74) is 3.18. The first-order valence-electron chi connectivity index (χ1n) is 11.4. The zero-order valence-corrected chi connectivity index (χ0v) is 19.5. The van der Waals surface area contributed by atoms with Crippen molar-refractivity contribution in [3.8, 4) is 0 Å². The van der Waals surface area contributed by atoms with Gasteiger partial charge < -0.3 is 14.7 Å². The van der Waals surface area contributed by atoms with Gasteiger partial charge in [-0.3, -0.25) is 18.7 Å². The third-order valence-corrected chi connectivity index (χ3v) is 7.10. The lowest BCUT2D eigenvalue weighted by molar-refractivity contribution is -0.136. The van der Waals surface area contributed by atoms with Gasteiger partial charge in [-0.2, -0.15) is 0 Å². The molecular weight excluding hydrogens is 406 g/mol. The summed E-state index contributed by atoms with van der Waals surface area (Å²) in [5, 5.41) is 0. The lowest BCUT2D eigenvalue weighted by Crippen LogP contribution is -2.53. The maximum Gasteiger partial charge on any atom is 0.332 e. The average molecular weight is 440 g/mol. The number of piperidine rings is 1. The molecule has 2 aromatic rings. The molecule has 1 aromatic carbocycles. The summed E-state index contributed by atoms with van der Waals surface area (Å²) < 4.78 is 2.60. The number of hydrogen-bond acceptors (Lipinski definition) is 5. The van der Waals surface area contributed by atoms with Crippen molar-refractivity contribution in [1.29, 1.82) is 0 Å². The molecule has 3 heterocycles. The summed E-state index contributed by atoms with van der Waals surface area (Å²) >= 11 is 0. The Morgan fingerprint density at radius 1 is 0.938 bits per heavy atom. The number of hydrogen-bond donors (Lipinski definition) is 0. The van der Waals surface area contributed by atoms with E-state index in [1.54, 1.807) is 7.05 Å². The molecular formula is C24H33N5O3. The van der Waals surface area contributed by atoms with E-state index in [-0.39, 0.29) is 23.1 Å². The molecule has 8 nitrogen and oxygen atoms in total. The molecule has 0 spiro atoms. The lowest BCUT2D eigenvalue weighted by atomic mass is 9.96. The van der Waals surface area contributed by atoms with Gasteiger partial charge in [0.05, 0.1) is 5.92 Å². The zero-order chi connectivity index (χ0) is 23.0. The van der Waals surface area contributed by atoms with Gasteiger partial charge in [-0.15, -0.1) is 0 Å². The molecule has 172 valence electrons. The zero-order valence-electron chi connectivity index (χ0n) is 19.5. The van der Waals surface area contributed by atoms with Crippen molar-refractivity contribution in [3.05, 3.63) is 56.2 Å². The molecule has 2 saturated heterocycles. The number of carbonyl (C=O) groups is 1. The fraction of sp³-hybridized carbons (Fsp3) is 0.542. The topological polar surface area (TPSA) is 70.8 Å². The highest BCUT2D eigenvalue weighted by molar-refractivity contribution is 5.80. The van der Waals surface area contributed by atoms with E-state index < -0.39 is 0 Å². The summed E-state index contributed by atoms with van der Waals surface area (Å²) in [7, 11) is 3.16. The minimum Gasteiger partial charge on any atom is -0.368 e. The monoisotopic (exact) mass is 439 g/mol. The third-order valence-electron chi connectivity index (χ3n) is 7.10. The SMILES string of the molecule is Cc1cccc(N2CCN(C(=O)[C@H]3CCCN(c4cc(=O)n(C)c(=O)n4C)C3)CC2)c1C. The molecule has 2 aliphatic rings. The number of piperazine rings is 1. The van der Waals surface area contributed by atoms with E-state index in [0.717, 1.165) is 37.0 Å². The Kier molecular flexibility index (Phi) is 6.13. The van der Waals surface area contributed by atoms with Gasteiger partial charge in [0.25, 0.3) is 5.56 Å². The second-order valence-corrected chi connectivity index (χ2v) is 9.06. The van der Waals surface area contributed by atoms with Crippen LogP contribution in [-0.4, -0.2) is 59.2 Å². The van der Waals surface area contributed by atoms with E-state index in [4.69, 9.17) is 0 Å². The van der Waals surface area contributed by atoms with Gasteiger partial charge in [-0.1, -0.05) is 12.1 Å². The fourth-order valence-corrected chi connectivity index (χ4v) is 4.92. The average Bonchev–Trinajstić information content (AvgIpc) is 2.81. The Balaban J connectivity index is 1.43. The molecule has 0 unspecified atom stereocenters. The number of aryl methyl sites for hydroxylation is 1. The first-order chi connectivity index (χ1) is 15.3. The summed E-state index contributed by atoms with van der Waals surface area (Å²) in [5.74, 6) is 0.662. The Hall–Kier alpha value is -3.03. The molecule has 0 saturated carbocycles. The van der Waals surface area contributed by atoms with E-state index in [9.17, 15) is 14.4 Å².